The van der Waals surface area contributed by atoms with E-state index < -0.39 is 5.60 Å². The van der Waals surface area contributed by atoms with Crippen LogP contribution in [-0.4, -0.2) is 39.9 Å². The summed E-state index contributed by atoms with van der Waals surface area (Å²) >= 11 is 3.47. The first-order valence-electron chi connectivity index (χ1n) is 6.96. The van der Waals surface area contributed by atoms with Gasteiger partial charge in [-0.3, -0.25) is 5.10 Å². The lowest BCUT2D eigenvalue weighted by Gasteiger charge is -2.34. The number of ether oxygens (including phenoxy) is 1. The number of amides is 1. The van der Waals surface area contributed by atoms with Crippen molar-refractivity contribution in [3.8, 4) is 0 Å². The second-order valence-electron chi connectivity index (χ2n) is 6.21. The lowest BCUT2D eigenvalue weighted by Crippen LogP contribution is -2.42. The standard InChI is InChI=1S/C14H22BrN3O2/c1-14(2,3)20-13(19)18-6-4-5-10(9-18)12-11(7-15)8-16-17-12/h8,10H,4-7,9H2,1-3H3,(H,16,17). The van der Waals surface area contributed by atoms with Gasteiger partial charge in [0, 0.05) is 35.6 Å². The molecule has 1 aromatic heterocycles. The molecule has 0 bridgehead atoms. The minimum atomic E-state index is -0.445. The zero-order valence-corrected chi connectivity index (χ0v) is 13.9. The Bertz CT molecular complexity index is 467. The van der Waals surface area contributed by atoms with E-state index in [0.717, 1.165) is 30.4 Å². The van der Waals surface area contributed by atoms with Gasteiger partial charge in [0.05, 0.1) is 6.20 Å². The Morgan fingerprint density at radius 3 is 3.00 bits per heavy atom. The number of hydrogen-bond donors (Lipinski definition) is 1. The van der Waals surface area contributed by atoms with E-state index in [1.165, 1.54) is 5.56 Å². The molecule has 1 unspecified atom stereocenters. The molecule has 6 heteroatoms. The van der Waals surface area contributed by atoms with Crippen LogP contribution < -0.4 is 0 Å². The zero-order chi connectivity index (χ0) is 14.8. The van der Waals surface area contributed by atoms with Crippen LogP contribution in [-0.2, 0) is 10.1 Å². The smallest absolute Gasteiger partial charge is 0.410 e. The minimum Gasteiger partial charge on any atom is -0.444 e. The van der Waals surface area contributed by atoms with Crippen molar-refractivity contribution >= 4 is 22.0 Å². The van der Waals surface area contributed by atoms with Crippen LogP contribution in [0.3, 0.4) is 0 Å². The average Bonchev–Trinajstić information content (AvgIpc) is 2.85. The van der Waals surface area contributed by atoms with Gasteiger partial charge < -0.3 is 9.64 Å². The van der Waals surface area contributed by atoms with Crippen molar-refractivity contribution in [3.05, 3.63) is 17.5 Å². The highest BCUT2D eigenvalue weighted by Gasteiger charge is 2.29. The molecule has 0 spiro atoms. The van der Waals surface area contributed by atoms with Crippen LogP contribution >= 0.6 is 15.9 Å². The summed E-state index contributed by atoms with van der Waals surface area (Å²) in [4.78, 5) is 14.0. The van der Waals surface area contributed by atoms with Crippen molar-refractivity contribution in [2.75, 3.05) is 13.1 Å². The molecule has 112 valence electrons. The Hall–Kier alpha value is -1.04. The van der Waals surface area contributed by atoms with Crippen LogP contribution in [0.5, 0.6) is 0 Å². The molecule has 0 aliphatic carbocycles. The van der Waals surface area contributed by atoms with Crippen molar-refractivity contribution in [2.24, 2.45) is 0 Å². The molecule has 1 aliphatic rings. The maximum atomic E-state index is 12.2. The molecule has 2 rings (SSSR count). The third-order valence-corrected chi connectivity index (χ3v) is 3.98. The van der Waals surface area contributed by atoms with Gasteiger partial charge in [-0.1, -0.05) is 15.9 Å². The summed E-state index contributed by atoms with van der Waals surface area (Å²) in [6.07, 6.45) is 3.69. The number of aromatic amines is 1. The third-order valence-electron chi connectivity index (χ3n) is 3.38. The van der Waals surface area contributed by atoms with Crippen molar-refractivity contribution in [1.82, 2.24) is 15.1 Å². The van der Waals surface area contributed by atoms with Crippen LogP contribution in [0.25, 0.3) is 0 Å². The van der Waals surface area contributed by atoms with Crippen LogP contribution in [0.15, 0.2) is 6.20 Å². The van der Waals surface area contributed by atoms with Gasteiger partial charge in [-0.15, -0.1) is 0 Å². The maximum Gasteiger partial charge on any atom is 0.410 e. The predicted molar refractivity (Wildman–Crippen MR) is 81.0 cm³/mol. The molecule has 0 saturated carbocycles. The predicted octanol–water partition coefficient (Wildman–Crippen LogP) is 3.42. The van der Waals surface area contributed by atoms with Crippen LogP contribution in [0.1, 0.15) is 50.8 Å². The molecule has 0 radical (unpaired) electrons. The van der Waals surface area contributed by atoms with Gasteiger partial charge in [0.1, 0.15) is 5.60 Å². The third kappa shape index (κ3) is 3.75. The van der Waals surface area contributed by atoms with E-state index >= 15 is 0 Å². The highest BCUT2D eigenvalue weighted by molar-refractivity contribution is 9.08. The topological polar surface area (TPSA) is 58.2 Å². The average molecular weight is 344 g/mol. The summed E-state index contributed by atoms with van der Waals surface area (Å²) in [7, 11) is 0. The first-order valence-corrected chi connectivity index (χ1v) is 8.09. The monoisotopic (exact) mass is 343 g/mol. The number of likely N-dealkylation sites (tertiary alicyclic amines) is 1. The molecule has 20 heavy (non-hydrogen) atoms. The Morgan fingerprint density at radius 1 is 1.60 bits per heavy atom. The van der Waals surface area contributed by atoms with E-state index in [1.54, 1.807) is 4.90 Å². The number of nitrogens with one attached hydrogen (secondary N) is 1. The van der Waals surface area contributed by atoms with Crippen LogP contribution in [0.4, 0.5) is 4.79 Å². The Labute approximate surface area is 128 Å². The summed E-state index contributed by atoms with van der Waals surface area (Å²) in [5, 5.41) is 7.96. The van der Waals surface area contributed by atoms with Crippen LogP contribution in [0, 0.1) is 0 Å². The fraction of sp³-hybridized carbons (Fsp3) is 0.714. The molecule has 5 nitrogen and oxygen atoms in total. The molecule has 1 saturated heterocycles. The summed E-state index contributed by atoms with van der Waals surface area (Å²) in [5.74, 6) is 0.311. The Kier molecular flexibility index (Phi) is 4.73. The van der Waals surface area contributed by atoms with E-state index in [9.17, 15) is 4.79 Å². The maximum absolute atomic E-state index is 12.2. The Balaban J connectivity index is 2.03. The van der Waals surface area contributed by atoms with E-state index in [2.05, 4.69) is 26.1 Å². The van der Waals surface area contributed by atoms with Gasteiger partial charge in [-0.25, -0.2) is 4.79 Å². The number of rotatable bonds is 2. The second kappa shape index (κ2) is 6.16. The zero-order valence-electron chi connectivity index (χ0n) is 12.3. The highest BCUT2D eigenvalue weighted by Crippen LogP contribution is 2.29. The molecule has 1 amide bonds. The largest absolute Gasteiger partial charge is 0.444 e. The van der Waals surface area contributed by atoms with Gasteiger partial charge in [-0.05, 0) is 33.6 Å². The van der Waals surface area contributed by atoms with Crippen molar-refractivity contribution in [1.29, 1.82) is 0 Å². The van der Waals surface area contributed by atoms with E-state index in [4.69, 9.17) is 4.74 Å². The quantitative estimate of drug-likeness (QED) is 0.837. The summed E-state index contributed by atoms with van der Waals surface area (Å²) < 4.78 is 5.45. The molecule has 0 aromatic carbocycles. The SMILES string of the molecule is CC(C)(C)OC(=O)N1CCCC(c2[nH]ncc2CBr)C1. The molecule has 1 aliphatic heterocycles. The minimum absolute atomic E-state index is 0.220. The van der Waals surface area contributed by atoms with Crippen molar-refractivity contribution in [2.45, 2.75) is 50.5 Å². The highest BCUT2D eigenvalue weighted by atomic mass is 79.9. The lowest BCUT2D eigenvalue weighted by atomic mass is 9.93. The number of carbonyl (C=O) groups is 1. The molecule has 1 fully saturated rings. The number of nitrogens with zero attached hydrogens (tertiary/aromatic N) is 2. The number of piperidine rings is 1. The number of halogens is 1. The molecule has 1 N–H and O–H groups in total. The second-order valence-corrected chi connectivity index (χ2v) is 6.77. The summed E-state index contributed by atoms with van der Waals surface area (Å²) in [5.41, 5.74) is 1.86. The number of aromatic nitrogens is 2. The van der Waals surface area contributed by atoms with Gasteiger partial charge >= 0.3 is 6.09 Å². The van der Waals surface area contributed by atoms with E-state index in [-0.39, 0.29) is 6.09 Å². The normalized spacial score (nSPS) is 20.0. The first kappa shape index (κ1) is 15.4. The van der Waals surface area contributed by atoms with Gasteiger partial charge in [-0.2, -0.15) is 5.10 Å². The first-order chi connectivity index (χ1) is 9.40. The van der Waals surface area contributed by atoms with E-state index in [1.807, 2.05) is 27.0 Å². The molecule has 1 atom stereocenters. The number of hydrogen-bond acceptors (Lipinski definition) is 3. The summed E-state index contributed by atoms with van der Waals surface area (Å²) in [6.45, 7) is 7.14. The molecule has 1 aromatic rings. The van der Waals surface area contributed by atoms with Gasteiger partial charge in [0.2, 0.25) is 0 Å². The van der Waals surface area contributed by atoms with Crippen molar-refractivity contribution in [3.63, 3.8) is 0 Å². The molecule has 2 heterocycles. The lowest BCUT2D eigenvalue weighted by molar-refractivity contribution is 0.0197. The number of carbonyl (C=O) groups excluding carboxylic acids is 1. The fourth-order valence-electron chi connectivity index (χ4n) is 2.49. The van der Waals surface area contributed by atoms with Gasteiger partial charge in [0.25, 0.3) is 0 Å². The molecular formula is C14H22BrN3O2. The molecular weight excluding hydrogens is 322 g/mol. The number of H-pyrrole nitrogens is 1. The van der Waals surface area contributed by atoms with Crippen molar-refractivity contribution < 1.29 is 9.53 Å². The fourth-order valence-corrected chi connectivity index (χ4v) is 2.93. The summed E-state index contributed by atoms with van der Waals surface area (Å²) in [6, 6.07) is 0. The van der Waals surface area contributed by atoms with Gasteiger partial charge in [0.15, 0.2) is 0 Å². The number of alkyl halides is 1. The van der Waals surface area contributed by atoms with Crippen LogP contribution in [0.2, 0.25) is 0 Å². The Morgan fingerprint density at radius 2 is 2.35 bits per heavy atom. The van der Waals surface area contributed by atoms with E-state index in [0.29, 0.717) is 12.5 Å².